The molecule has 5 heterocycles. The number of methoxy groups -OCH3 is 1. The Kier molecular flexibility index (Phi) is 30.9. The van der Waals surface area contributed by atoms with Crippen LogP contribution in [-0.4, -0.2) is 193 Å². The third-order valence-electron chi connectivity index (χ3n) is 12.7. The third-order valence-corrected chi connectivity index (χ3v) is 19.8. The number of alkyl halides is 3. The molecule has 15 atom stereocenters. The van der Waals surface area contributed by atoms with Crippen molar-refractivity contribution in [1.29, 1.82) is 0 Å². The molecule has 4 aromatic rings. The maximum Gasteiger partial charge on any atom is 1.00 e. The molecule has 2 aromatic heterocycles. The number of aliphatic hydroxyl groups excluding tert-OH is 3. The van der Waals surface area contributed by atoms with E-state index in [-0.39, 0.29) is 35.9 Å². The largest absolute Gasteiger partial charge is 1.00 e. The van der Waals surface area contributed by atoms with Gasteiger partial charge >= 0.3 is 30.9 Å². The zero-order valence-electron chi connectivity index (χ0n) is 50.1. The summed E-state index contributed by atoms with van der Waals surface area (Å²) in [7, 11) is -5.05. The Hall–Kier alpha value is -1.97. The molecule has 0 spiro atoms. The second kappa shape index (κ2) is 34.1. The van der Waals surface area contributed by atoms with E-state index >= 15 is 0 Å². The minimum absolute atomic E-state index is 0. The molecule has 3 aliphatic rings. The normalized spacial score (nSPS) is 26.3. The van der Waals surface area contributed by atoms with Crippen molar-refractivity contribution < 1.29 is 89.8 Å². The van der Waals surface area contributed by atoms with E-state index in [4.69, 9.17) is 38.0 Å². The van der Waals surface area contributed by atoms with Gasteiger partial charge in [-0.3, -0.25) is 4.79 Å². The number of nitrogens with zero attached hydrogens (tertiary/aromatic N) is 4. The molecular weight excluding hydrogens is 1200 g/mol. The average molecular weight is 1290 g/mol. The maximum absolute atomic E-state index is 13.8. The Balaban J connectivity index is 0.000000411. The summed E-state index contributed by atoms with van der Waals surface area (Å²) in [5.41, 5.74) is 8.88. The summed E-state index contributed by atoms with van der Waals surface area (Å²) < 4.78 is 84.1. The Morgan fingerprint density at radius 3 is 1.49 bits per heavy atom. The predicted molar refractivity (Wildman–Crippen MR) is 326 cm³/mol. The number of amides is 1. The fourth-order valence-corrected chi connectivity index (χ4v) is 15.8. The van der Waals surface area contributed by atoms with Gasteiger partial charge in [-0.1, -0.05) is 38.1 Å². The topological polar surface area (TPSA) is 262 Å². The van der Waals surface area contributed by atoms with Gasteiger partial charge in [0.2, 0.25) is 0 Å². The number of aliphatic hydroxyl groups is 3. The van der Waals surface area contributed by atoms with Gasteiger partial charge in [0.1, 0.15) is 72.4 Å². The van der Waals surface area contributed by atoms with Crippen LogP contribution in [0.15, 0.2) is 95.8 Å². The third kappa shape index (κ3) is 23.5. The van der Waals surface area contributed by atoms with Crippen molar-refractivity contribution in [3.05, 3.63) is 86.0 Å². The van der Waals surface area contributed by atoms with Gasteiger partial charge in [-0.25, -0.2) is 19.9 Å². The summed E-state index contributed by atoms with van der Waals surface area (Å²) in [5.74, 6) is -2.02. The summed E-state index contributed by atoms with van der Waals surface area (Å²) >= 11 is 5.62. The number of halogens is 3. The van der Waals surface area contributed by atoms with Crippen LogP contribution >= 0.6 is 47.0 Å². The number of carbonyl (C=O) groups excluding carboxylic acids is 1. The second-order valence-electron chi connectivity index (χ2n) is 22.7. The Labute approximate surface area is 519 Å². The summed E-state index contributed by atoms with van der Waals surface area (Å²) in [6.45, 7) is 23.1. The molecule has 3 aliphatic heterocycles. The van der Waals surface area contributed by atoms with Gasteiger partial charge in [-0.2, -0.15) is 13.2 Å². The van der Waals surface area contributed by atoms with Crippen molar-refractivity contribution in [2.45, 2.75) is 190 Å². The fourth-order valence-electron chi connectivity index (χ4n) is 8.95. The molecule has 0 saturated carbocycles. The minimum Gasteiger partial charge on any atom is -0.870 e. The molecule has 5 unspecified atom stereocenters. The molecule has 7 N–H and O–H groups in total. The first-order valence-corrected chi connectivity index (χ1v) is 41.3. The van der Waals surface area contributed by atoms with E-state index in [0.717, 1.165) is 51.5 Å². The summed E-state index contributed by atoms with van der Waals surface area (Å²) in [4.78, 5) is 30.6. The summed E-state index contributed by atoms with van der Waals surface area (Å²) in [6.07, 6.45) is 3.48. The first kappa shape index (κ1) is 75.3. The van der Waals surface area contributed by atoms with Crippen LogP contribution in [0, 0.1) is 0 Å². The molecule has 29 heteroatoms. The number of hydrogen-bond donors (Lipinski definition) is 5. The van der Waals surface area contributed by atoms with E-state index in [0.29, 0.717) is 0 Å². The first-order valence-electron chi connectivity index (χ1n) is 26.7. The number of thioether (sulfide) groups is 4. The van der Waals surface area contributed by atoms with Crippen LogP contribution in [-0.2, 0) is 37.0 Å². The van der Waals surface area contributed by atoms with Crippen molar-refractivity contribution in [3.8, 4) is 22.3 Å². The number of benzene rings is 2. The standard InChI is InChI=1S/C30H48F3N3O5S2Si3.C19H25N3O4S2.C5H10O2.Li.H2O/c1-19(43-22-14-12-20(13-15-22)21-16-34-18-35-17-21)23(36-29(37)30(31,32)33)24-25(39-44(3,4)5)26(40-45(6,7)8)27(28(38-24)42-2)41-46(9,10)11;1-10(14(20)18-16(24)15(23)17(25)19(26-18)27-2)28-13-5-3-11(4-6-13)12-7-21-9-22-8-12;1-6-5-3-2-4-7-5;;/h12-19,23-28H,1-11H3,(H,36,37);3-10,14-19,23-25H,20H2,1-2H3;5H,2-4H2,1H3;;1H2/q;;;+1;/p-1/t19-,23+,24+,25?,26+,27+,28?;10-,14+,15+,16?,17+,18+,19?;;;/m00.../s1. The molecule has 83 heavy (non-hydrogen) atoms. The van der Waals surface area contributed by atoms with Gasteiger partial charge in [-0.05, 0) is 113 Å². The van der Waals surface area contributed by atoms with E-state index in [1.54, 1.807) is 56.8 Å². The Bertz CT molecular complexity index is 2510. The quantitative estimate of drug-likeness (QED) is 0.0492. The van der Waals surface area contributed by atoms with E-state index in [2.05, 4.69) is 64.5 Å². The molecule has 3 saturated heterocycles. The van der Waals surface area contributed by atoms with Gasteiger partial charge in [0.15, 0.2) is 31.2 Å². The van der Waals surface area contributed by atoms with Crippen LogP contribution in [0.5, 0.6) is 0 Å². The van der Waals surface area contributed by atoms with Gasteiger partial charge in [0, 0.05) is 82.4 Å². The van der Waals surface area contributed by atoms with Gasteiger partial charge in [0.05, 0.1) is 6.04 Å². The van der Waals surface area contributed by atoms with Crippen molar-refractivity contribution in [3.63, 3.8) is 0 Å². The Morgan fingerprint density at radius 2 is 1.10 bits per heavy atom. The second-order valence-corrected chi connectivity index (χ2v) is 40.8. The minimum atomic E-state index is -5.08. The molecule has 0 aliphatic carbocycles. The number of nitrogens with one attached hydrogen (secondary N) is 1. The Morgan fingerprint density at radius 1 is 0.663 bits per heavy atom. The van der Waals surface area contributed by atoms with Gasteiger partial charge in [-0.15, -0.1) is 47.0 Å². The van der Waals surface area contributed by atoms with Crippen LogP contribution in [0.4, 0.5) is 13.2 Å². The summed E-state index contributed by atoms with van der Waals surface area (Å²) in [6, 6.07) is 14.0. The van der Waals surface area contributed by atoms with Crippen LogP contribution in [0.3, 0.4) is 0 Å². The number of hydrogen-bond acceptors (Lipinski definition) is 21. The zero-order valence-corrected chi connectivity index (χ0v) is 56.3. The van der Waals surface area contributed by atoms with Crippen LogP contribution in [0.25, 0.3) is 22.3 Å². The molecule has 7 rings (SSSR count). The van der Waals surface area contributed by atoms with Crippen molar-refractivity contribution in [1.82, 2.24) is 25.3 Å². The number of ether oxygens (including phenoxy) is 4. The monoisotopic (exact) mass is 1280 g/mol. The van der Waals surface area contributed by atoms with Crippen LogP contribution in [0.1, 0.15) is 26.7 Å². The summed E-state index contributed by atoms with van der Waals surface area (Å²) in [5, 5.41) is 32.1. The number of nitrogens with two attached hydrogens (primary N) is 1. The van der Waals surface area contributed by atoms with Crippen LogP contribution < -0.4 is 29.9 Å². The molecule has 0 radical (unpaired) electrons. The van der Waals surface area contributed by atoms with Crippen molar-refractivity contribution in [2.24, 2.45) is 5.73 Å². The molecule has 0 bridgehead atoms. The molecule has 1 amide bonds. The van der Waals surface area contributed by atoms with E-state index in [1.165, 1.54) is 47.9 Å². The molecule has 2 aromatic carbocycles. The van der Waals surface area contributed by atoms with Gasteiger partial charge in [0.25, 0.3) is 0 Å². The van der Waals surface area contributed by atoms with Crippen molar-refractivity contribution in [2.75, 3.05) is 26.2 Å². The van der Waals surface area contributed by atoms with Gasteiger partial charge < -0.3 is 64.1 Å². The fraction of sp³-hybridized carbons (Fsp3) is 0.611. The van der Waals surface area contributed by atoms with Crippen molar-refractivity contribution >= 4 is 77.9 Å². The molecule has 3 fully saturated rings. The average Bonchev–Trinajstić information content (AvgIpc) is 4.05. The predicted octanol–water partition coefficient (Wildman–Crippen LogP) is 6.14. The number of carbonyl (C=O) groups is 1. The smallest absolute Gasteiger partial charge is 0.870 e. The molecule has 18 nitrogen and oxygen atoms in total. The zero-order chi connectivity index (χ0) is 60.0. The van der Waals surface area contributed by atoms with E-state index in [1.807, 2.05) is 81.4 Å². The van der Waals surface area contributed by atoms with Crippen LogP contribution in [0.2, 0.25) is 58.9 Å². The van der Waals surface area contributed by atoms with E-state index in [9.17, 15) is 33.3 Å². The van der Waals surface area contributed by atoms with E-state index < -0.39 is 114 Å². The molecule has 460 valence electrons. The molecular formula is C54H84F3LiN6O12S4Si3. The maximum atomic E-state index is 13.8. The first-order chi connectivity index (χ1) is 37.9. The number of aromatic nitrogens is 4. The number of rotatable bonds is 20. The SMILES string of the molecule is COC1CCCO1.CSC1O[C@H]([C@H](N)[C@H](C)Sc2ccc(-c3cncnc3)cc2)C(O)[C@@H](O)[C@H]1O.CSC1O[C@H]([C@H](NC(=O)C(F)(F)F)[C@H](C)Sc2ccc(-c3cncnc3)cc2)C(O[Si](C)(C)C)[C@@H](O[Si](C)(C)C)[C@H]1O[Si](C)(C)C.[Li+].[OH-].